The first kappa shape index (κ1) is 17.6. The van der Waals surface area contributed by atoms with E-state index in [0.29, 0.717) is 25.2 Å². The zero-order valence-electron chi connectivity index (χ0n) is 11.3. The lowest BCUT2D eigenvalue weighted by molar-refractivity contribution is -0.182. The van der Waals surface area contributed by atoms with Crippen molar-refractivity contribution in [3.05, 3.63) is 0 Å². The predicted molar refractivity (Wildman–Crippen MR) is 72.8 cm³/mol. The van der Waals surface area contributed by atoms with Gasteiger partial charge < -0.3 is 10.6 Å². The quantitative estimate of drug-likeness (QED) is 0.841. The summed E-state index contributed by atoms with van der Waals surface area (Å²) in [4.78, 5) is 11.8. The molecule has 1 unspecified atom stereocenters. The largest absolute Gasteiger partial charge is 0.391 e. The molecule has 7 heteroatoms. The van der Waals surface area contributed by atoms with E-state index < -0.39 is 12.1 Å². The van der Waals surface area contributed by atoms with Crippen molar-refractivity contribution in [2.75, 3.05) is 13.1 Å². The summed E-state index contributed by atoms with van der Waals surface area (Å²) in [6.45, 7) is 1.82. The molecular weight excluding hydrogens is 293 g/mol. The maximum atomic E-state index is 12.5. The SMILES string of the molecule is Cl.O=C(CC1CCNC1)NC1CCC(C(F)(F)F)CC1. The Morgan fingerprint density at radius 1 is 1.15 bits per heavy atom. The highest BCUT2D eigenvalue weighted by Gasteiger charge is 2.41. The van der Waals surface area contributed by atoms with Crippen LogP contribution in [0.2, 0.25) is 0 Å². The number of rotatable bonds is 3. The van der Waals surface area contributed by atoms with Gasteiger partial charge >= 0.3 is 6.18 Å². The van der Waals surface area contributed by atoms with Crippen LogP contribution in [-0.4, -0.2) is 31.2 Å². The fraction of sp³-hybridized carbons (Fsp3) is 0.923. The van der Waals surface area contributed by atoms with E-state index in [4.69, 9.17) is 0 Å². The molecule has 2 rings (SSSR count). The Morgan fingerprint density at radius 2 is 1.80 bits per heavy atom. The average Bonchev–Trinajstić information content (AvgIpc) is 2.81. The molecule has 2 fully saturated rings. The molecule has 1 saturated heterocycles. The van der Waals surface area contributed by atoms with Crippen molar-refractivity contribution >= 4 is 18.3 Å². The highest BCUT2D eigenvalue weighted by molar-refractivity contribution is 5.85. The molecule has 0 aromatic heterocycles. The smallest absolute Gasteiger partial charge is 0.353 e. The Balaban J connectivity index is 0.00000200. The number of hydrogen-bond donors (Lipinski definition) is 2. The number of halogens is 4. The van der Waals surface area contributed by atoms with Crippen LogP contribution in [0.15, 0.2) is 0 Å². The second-order valence-corrected chi connectivity index (χ2v) is 5.72. The molecule has 1 amide bonds. The van der Waals surface area contributed by atoms with Crippen molar-refractivity contribution in [2.45, 2.75) is 50.7 Å². The molecule has 0 bridgehead atoms. The van der Waals surface area contributed by atoms with Crippen LogP contribution in [0.4, 0.5) is 13.2 Å². The first-order valence-corrected chi connectivity index (χ1v) is 7.02. The fourth-order valence-electron chi connectivity index (χ4n) is 3.00. The van der Waals surface area contributed by atoms with Crippen molar-refractivity contribution < 1.29 is 18.0 Å². The van der Waals surface area contributed by atoms with Gasteiger partial charge in [0.1, 0.15) is 0 Å². The van der Waals surface area contributed by atoms with Gasteiger partial charge in [0.25, 0.3) is 0 Å². The van der Waals surface area contributed by atoms with Crippen molar-refractivity contribution in [3.63, 3.8) is 0 Å². The molecule has 1 aliphatic heterocycles. The highest BCUT2D eigenvalue weighted by Crippen LogP contribution is 2.37. The van der Waals surface area contributed by atoms with Gasteiger partial charge in [0.05, 0.1) is 5.92 Å². The first-order valence-electron chi connectivity index (χ1n) is 7.02. The van der Waals surface area contributed by atoms with Crippen molar-refractivity contribution in [1.82, 2.24) is 10.6 Å². The van der Waals surface area contributed by atoms with E-state index >= 15 is 0 Å². The molecule has 1 aliphatic carbocycles. The summed E-state index contributed by atoms with van der Waals surface area (Å²) in [5, 5.41) is 6.08. The van der Waals surface area contributed by atoms with Gasteiger partial charge in [0.15, 0.2) is 0 Å². The number of carbonyl (C=O) groups excluding carboxylic acids is 1. The van der Waals surface area contributed by atoms with Gasteiger partial charge in [-0.1, -0.05) is 0 Å². The minimum Gasteiger partial charge on any atom is -0.353 e. The third kappa shape index (κ3) is 5.13. The van der Waals surface area contributed by atoms with Gasteiger partial charge in [-0.05, 0) is 51.1 Å². The zero-order valence-corrected chi connectivity index (χ0v) is 12.2. The summed E-state index contributed by atoms with van der Waals surface area (Å²) in [6, 6.07) is -0.0690. The summed E-state index contributed by atoms with van der Waals surface area (Å²) < 4.78 is 37.5. The van der Waals surface area contributed by atoms with Gasteiger partial charge in [-0.15, -0.1) is 12.4 Å². The molecule has 1 heterocycles. The van der Waals surface area contributed by atoms with Crippen LogP contribution >= 0.6 is 12.4 Å². The lowest BCUT2D eigenvalue weighted by Crippen LogP contribution is -2.40. The van der Waals surface area contributed by atoms with E-state index in [9.17, 15) is 18.0 Å². The Morgan fingerprint density at radius 3 is 2.30 bits per heavy atom. The van der Waals surface area contributed by atoms with Crippen LogP contribution in [0.25, 0.3) is 0 Å². The molecule has 2 aliphatic rings. The third-order valence-electron chi connectivity index (χ3n) is 4.19. The molecular formula is C13H22ClF3N2O. The predicted octanol–water partition coefficient (Wildman–Crippen LogP) is 2.65. The summed E-state index contributed by atoms with van der Waals surface area (Å²) >= 11 is 0. The topological polar surface area (TPSA) is 41.1 Å². The molecule has 2 N–H and O–H groups in total. The molecule has 0 aromatic carbocycles. The van der Waals surface area contributed by atoms with Crippen LogP contribution in [0.5, 0.6) is 0 Å². The Kier molecular flexibility index (Phi) is 6.58. The lowest BCUT2D eigenvalue weighted by atomic mass is 9.85. The van der Waals surface area contributed by atoms with Gasteiger partial charge in [-0.2, -0.15) is 13.2 Å². The number of alkyl halides is 3. The van der Waals surface area contributed by atoms with Crippen molar-refractivity contribution in [1.29, 1.82) is 0 Å². The Hall–Kier alpha value is -0.490. The first-order chi connectivity index (χ1) is 8.95. The normalized spacial score (nSPS) is 30.6. The van der Waals surface area contributed by atoms with E-state index in [1.54, 1.807) is 0 Å². The van der Waals surface area contributed by atoms with Crippen LogP contribution in [0.1, 0.15) is 38.5 Å². The minimum absolute atomic E-state index is 0. The van der Waals surface area contributed by atoms with Crippen LogP contribution < -0.4 is 10.6 Å². The summed E-state index contributed by atoms with van der Waals surface area (Å²) in [5.74, 6) is -0.810. The minimum atomic E-state index is -4.08. The molecule has 1 saturated carbocycles. The molecule has 20 heavy (non-hydrogen) atoms. The maximum Gasteiger partial charge on any atom is 0.391 e. The molecule has 1 atom stereocenters. The van der Waals surface area contributed by atoms with Gasteiger partial charge in [0, 0.05) is 12.5 Å². The number of carbonyl (C=O) groups is 1. The summed E-state index contributed by atoms with van der Waals surface area (Å²) in [6.07, 6.45) is -1.42. The van der Waals surface area contributed by atoms with Gasteiger partial charge in [-0.25, -0.2) is 0 Å². The van der Waals surface area contributed by atoms with Crippen LogP contribution in [0, 0.1) is 11.8 Å². The van der Waals surface area contributed by atoms with E-state index in [0.717, 1.165) is 19.5 Å². The fourth-order valence-corrected chi connectivity index (χ4v) is 3.00. The molecule has 3 nitrogen and oxygen atoms in total. The molecule has 0 aromatic rings. The maximum absolute atomic E-state index is 12.5. The zero-order chi connectivity index (χ0) is 13.9. The van der Waals surface area contributed by atoms with Crippen molar-refractivity contribution in [3.8, 4) is 0 Å². The number of nitrogens with one attached hydrogen (secondary N) is 2. The molecule has 0 spiro atoms. The number of hydrogen-bond acceptors (Lipinski definition) is 2. The Bertz CT molecular complexity index is 311. The summed E-state index contributed by atoms with van der Waals surface area (Å²) in [7, 11) is 0. The molecule has 118 valence electrons. The standard InChI is InChI=1S/C13H21F3N2O.ClH/c14-13(15,16)10-1-3-11(4-2-10)18-12(19)7-9-5-6-17-8-9;/h9-11,17H,1-8H2,(H,18,19);1H. The van der Waals surface area contributed by atoms with E-state index in [-0.39, 0.29) is 37.2 Å². The van der Waals surface area contributed by atoms with Crippen molar-refractivity contribution in [2.24, 2.45) is 11.8 Å². The monoisotopic (exact) mass is 314 g/mol. The van der Waals surface area contributed by atoms with E-state index in [2.05, 4.69) is 10.6 Å². The third-order valence-corrected chi connectivity index (χ3v) is 4.19. The van der Waals surface area contributed by atoms with Gasteiger partial charge in [-0.3, -0.25) is 4.79 Å². The average molecular weight is 315 g/mol. The Labute approximate surface area is 123 Å². The second-order valence-electron chi connectivity index (χ2n) is 5.72. The summed E-state index contributed by atoms with van der Waals surface area (Å²) in [5.41, 5.74) is 0. The highest BCUT2D eigenvalue weighted by atomic mass is 35.5. The second kappa shape index (κ2) is 7.50. The number of amides is 1. The lowest BCUT2D eigenvalue weighted by Gasteiger charge is -2.30. The van der Waals surface area contributed by atoms with Gasteiger partial charge in [0.2, 0.25) is 5.91 Å². The molecule has 0 radical (unpaired) electrons. The van der Waals surface area contributed by atoms with E-state index in [1.165, 1.54) is 0 Å². The van der Waals surface area contributed by atoms with Crippen LogP contribution in [-0.2, 0) is 4.79 Å². The van der Waals surface area contributed by atoms with E-state index in [1.807, 2.05) is 0 Å². The van der Waals surface area contributed by atoms with Crippen LogP contribution in [0.3, 0.4) is 0 Å².